The van der Waals surface area contributed by atoms with Crippen LogP contribution >= 0.6 is 23.5 Å². The molecule has 2 aromatic heterocycles. The minimum Gasteiger partial charge on any atom is -0.351 e. The van der Waals surface area contributed by atoms with Gasteiger partial charge in [-0.05, 0) is 42.2 Å². The normalized spacial score (nSPS) is 13.0. The van der Waals surface area contributed by atoms with Gasteiger partial charge in [0.25, 0.3) is 5.91 Å². The third-order valence-electron chi connectivity index (χ3n) is 5.04. The van der Waals surface area contributed by atoms with Crippen LogP contribution in [0.5, 0.6) is 0 Å². The molecule has 4 rings (SSSR count). The van der Waals surface area contributed by atoms with E-state index in [4.69, 9.17) is 0 Å². The van der Waals surface area contributed by atoms with Gasteiger partial charge in [0.1, 0.15) is 0 Å². The van der Waals surface area contributed by atoms with Gasteiger partial charge in [-0.1, -0.05) is 18.2 Å². The number of rotatable bonds is 6. The van der Waals surface area contributed by atoms with Crippen molar-refractivity contribution in [3.05, 3.63) is 70.8 Å². The lowest BCUT2D eigenvalue weighted by Gasteiger charge is -2.30. The van der Waals surface area contributed by atoms with E-state index >= 15 is 0 Å². The van der Waals surface area contributed by atoms with Gasteiger partial charge in [-0.15, -0.1) is 11.8 Å². The second-order valence-electron chi connectivity index (χ2n) is 6.97. The number of pyridine rings is 1. The fourth-order valence-electron chi connectivity index (χ4n) is 3.45. The third kappa shape index (κ3) is 4.68. The molecule has 0 spiro atoms. The standard InChI is InChI=1S/C21H21N5O2S2/c1-14-18(10-23-20(27)13-29-16-5-3-2-4-6-16)17-7-8-26(12-15(17)9-22-14)21(28)19-11-24-30-25-19/h2-6,9,11H,7-8,10,12-13H2,1H3,(H,23,27). The lowest BCUT2D eigenvalue weighted by atomic mass is 9.94. The maximum Gasteiger partial charge on any atom is 0.275 e. The quantitative estimate of drug-likeness (QED) is 0.594. The molecule has 0 aliphatic carbocycles. The monoisotopic (exact) mass is 439 g/mol. The lowest BCUT2D eigenvalue weighted by Crippen LogP contribution is -2.37. The molecular weight excluding hydrogens is 418 g/mol. The summed E-state index contributed by atoms with van der Waals surface area (Å²) in [6.07, 6.45) is 4.07. The maximum absolute atomic E-state index is 12.6. The number of thioether (sulfide) groups is 1. The molecule has 1 aliphatic rings. The van der Waals surface area contributed by atoms with Crippen molar-refractivity contribution in [3.8, 4) is 0 Å². The SMILES string of the molecule is Cc1ncc2c(c1CNC(=O)CSc1ccccc1)CCN(C(=O)c1cnsn1)C2. The average molecular weight is 440 g/mol. The predicted molar refractivity (Wildman–Crippen MR) is 116 cm³/mol. The number of amides is 2. The summed E-state index contributed by atoms with van der Waals surface area (Å²) in [5.41, 5.74) is 4.54. The number of aryl methyl sites for hydroxylation is 1. The van der Waals surface area contributed by atoms with Crippen LogP contribution in [0, 0.1) is 6.92 Å². The number of hydrogen-bond acceptors (Lipinski definition) is 7. The van der Waals surface area contributed by atoms with Gasteiger partial charge in [-0.3, -0.25) is 14.6 Å². The first-order valence-electron chi connectivity index (χ1n) is 9.59. The molecule has 0 fully saturated rings. The van der Waals surface area contributed by atoms with E-state index in [1.807, 2.05) is 43.5 Å². The highest BCUT2D eigenvalue weighted by Crippen LogP contribution is 2.25. The molecule has 3 heterocycles. The Balaban J connectivity index is 1.39. The second kappa shape index (κ2) is 9.36. The number of benzene rings is 1. The van der Waals surface area contributed by atoms with E-state index in [1.54, 1.807) is 4.90 Å². The van der Waals surface area contributed by atoms with Crippen molar-refractivity contribution >= 4 is 35.3 Å². The number of fused-ring (bicyclic) bond motifs is 1. The van der Waals surface area contributed by atoms with Gasteiger partial charge < -0.3 is 10.2 Å². The van der Waals surface area contributed by atoms with Crippen molar-refractivity contribution in [2.45, 2.75) is 31.3 Å². The highest BCUT2D eigenvalue weighted by atomic mass is 32.2. The van der Waals surface area contributed by atoms with Gasteiger partial charge in [-0.25, -0.2) is 0 Å². The molecule has 0 radical (unpaired) electrons. The van der Waals surface area contributed by atoms with Crippen molar-refractivity contribution in [2.75, 3.05) is 12.3 Å². The Kier molecular flexibility index (Phi) is 6.39. The van der Waals surface area contributed by atoms with E-state index in [0.29, 0.717) is 31.1 Å². The molecule has 9 heteroatoms. The topological polar surface area (TPSA) is 88.1 Å². The summed E-state index contributed by atoms with van der Waals surface area (Å²) in [7, 11) is 0. The number of nitrogens with zero attached hydrogens (tertiary/aromatic N) is 4. The highest BCUT2D eigenvalue weighted by molar-refractivity contribution is 8.00. The van der Waals surface area contributed by atoms with Crippen LogP contribution in [0.25, 0.3) is 0 Å². The zero-order valence-corrected chi connectivity index (χ0v) is 18.1. The summed E-state index contributed by atoms with van der Waals surface area (Å²) in [5.74, 6) is 0.252. The van der Waals surface area contributed by atoms with Crippen molar-refractivity contribution in [3.63, 3.8) is 0 Å². The number of carbonyl (C=O) groups excluding carboxylic acids is 2. The van der Waals surface area contributed by atoms with Gasteiger partial charge in [-0.2, -0.15) is 8.75 Å². The number of nitrogens with one attached hydrogen (secondary N) is 1. The minimum atomic E-state index is -0.109. The van der Waals surface area contributed by atoms with Gasteiger partial charge in [0, 0.05) is 36.4 Å². The number of carbonyl (C=O) groups is 2. The average Bonchev–Trinajstić information content (AvgIpc) is 3.32. The van der Waals surface area contributed by atoms with Crippen LogP contribution < -0.4 is 5.32 Å². The first kappa shape index (κ1) is 20.5. The van der Waals surface area contributed by atoms with E-state index in [9.17, 15) is 9.59 Å². The van der Waals surface area contributed by atoms with E-state index in [0.717, 1.165) is 39.9 Å². The Hall–Kier alpha value is -2.78. The van der Waals surface area contributed by atoms with Crippen molar-refractivity contribution in [2.24, 2.45) is 0 Å². The fourth-order valence-corrected chi connectivity index (χ4v) is 4.61. The van der Waals surface area contributed by atoms with E-state index in [1.165, 1.54) is 23.5 Å². The molecule has 154 valence electrons. The van der Waals surface area contributed by atoms with Crippen LogP contribution in [-0.4, -0.2) is 42.7 Å². The van der Waals surface area contributed by atoms with E-state index in [2.05, 4.69) is 19.0 Å². The molecule has 1 N–H and O–H groups in total. The first-order valence-corrected chi connectivity index (χ1v) is 11.3. The van der Waals surface area contributed by atoms with Gasteiger partial charge in [0.15, 0.2) is 5.69 Å². The largest absolute Gasteiger partial charge is 0.351 e. The summed E-state index contributed by atoms with van der Waals surface area (Å²) in [6, 6.07) is 9.87. The fraction of sp³-hybridized carbons (Fsp3) is 0.286. The lowest BCUT2D eigenvalue weighted by molar-refractivity contribution is -0.118. The molecule has 0 atom stereocenters. The minimum absolute atomic E-state index is 0.00972. The van der Waals surface area contributed by atoms with Crippen LogP contribution in [-0.2, 0) is 24.3 Å². The molecule has 0 bridgehead atoms. The maximum atomic E-state index is 12.6. The molecule has 3 aromatic rings. The van der Waals surface area contributed by atoms with Crippen molar-refractivity contribution in [1.82, 2.24) is 23.9 Å². The van der Waals surface area contributed by atoms with Gasteiger partial charge >= 0.3 is 0 Å². The van der Waals surface area contributed by atoms with Gasteiger partial charge in [0.2, 0.25) is 5.91 Å². The predicted octanol–water partition coefficient (Wildman–Crippen LogP) is 2.85. The molecule has 7 nitrogen and oxygen atoms in total. The van der Waals surface area contributed by atoms with E-state index in [-0.39, 0.29) is 11.8 Å². The Morgan fingerprint density at radius 3 is 2.83 bits per heavy atom. The molecule has 0 saturated heterocycles. The van der Waals surface area contributed by atoms with Crippen LogP contribution in [0.2, 0.25) is 0 Å². The molecule has 1 aliphatic heterocycles. The van der Waals surface area contributed by atoms with E-state index < -0.39 is 0 Å². The van der Waals surface area contributed by atoms with Crippen LogP contribution in [0.3, 0.4) is 0 Å². The summed E-state index contributed by atoms with van der Waals surface area (Å²) in [6.45, 7) is 3.50. The molecule has 0 unspecified atom stereocenters. The highest BCUT2D eigenvalue weighted by Gasteiger charge is 2.26. The third-order valence-corrected chi connectivity index (χ3v) is 6.53. The summed E-state index contributed by atoms with van der Waals surface area (Å²) >= 11 is 2.55. The van der Waals surface area contributed by atoms with Crippen molar-refractivity contribution in [1.29, 1.82) is 0 Å². The van der Waals surface area contributed by atoms with Crippen LogP contribution in [0.15, 0.2) is 47.6 Å². The van der Waals surface area contributed by atoms with Gasteiger partial charge in [0.05, 0.1) is 23.7 Å². The summed E-state index contributed by atoms with van der Waals surface area (Å²) in [5, 5.41) is 3.02. The Labute approximate surface area is 183 Å². The first-order chi connectivity index (χ1) is 14.6. The molecule has 0 saturated carbocycles. The molecule has 30 heavy (non-hydrogen) atoms. The molecular formula is C21H21N5O2S2. The summed E-state index contributed by atoms with van der Waals surface area (Å²) < 4.78 is 7.95. The Morgan fingerprint density at radius 1 is 1.23 bits per heavy atom. The number of hydrogen-bond donors (Lipinski definition) is 1. The number of aromatic nitrogens is 3. The molecule has 2 amide bonds. The summed E-state index contributed by atoms with van der Waals surface area (Å²) in [4.78, 5) is 32.2. The van der Waals surface area contributed by atoms with Crippen LogP contribution in [0.1, 0.15) is 32.9 Å². The molecule has 1 aromatic carbocycles. The zero-order valence-electron chi connectivity index (χ0n) is 16.5. The Bertz CT molecular complexity index is 1040. The second-order valence-corrected chi connectivity index (χ2v) is 8.58. The van der Waals surface area contributed by atoms with Crippen LogP contribution in [0.4, 0.5) is 0 Å². The Morgan fingerprint density at radius 2 is 2.07 bits per heavy atom. The van der Waals surface area contributed by atoms with Crippen molar-refractivity contribution < 1.29 is 9.59 Å². The smallest absolute Gasteiger partial charge is 0.275 e. The zero-order chi connectivity index (χ0) is 20.9.